The van der Waals surface area contributed by atoms with E-state index in [2.05, 4.69) is 4.37 Å². The third-order valence-corrected chi connectivity index (χ3v) is 5.25. The van der Waals surface area contributed by atoms with Gasteiger partial charge in [-0.1, -0.05) is 6.07 Å². The lowest BCUT2D eigenvalue weighted by Crippen LogP contribution is -2.33. The van der Waals surface area contributed by atoms with Gasteiger partial charge >= 0.3 is 0 Å². The average Bonchev–Trinajstić information content (AvgIpc) is 2.93. The molecule has 0 spiro atoms. The second-order valence-electron chi connectivity index (χ2n) is 3.97. The van der Waals surface area contributed by atoms with Crippen LogP contribution in [-0.2, 0) is 10.0 Å². The number of hydrogen-bond donors (Lipinski definition) is 1. The Morgan fingerprint density at radius 2 is 2.24 bits per heavy atom. The number of aliphatic hydroxyl groups excluding tert-OH is 1. The zero-order valence-electron chi connectivity index (χ0n) is 11.1. The van der Waals surface area contributed by atoms with Crippen LogP contribution in [0.3, 0.4) is 0 Å². The van der Waals surface area contributed by atoms with Crippen LogP contribution in [0.1, 0.15) is 0 Å². The minimum Gasteiger partial charge on any atom is -0.479 e. The van der Waals surface area contributed by atoms with Gasteiger partial charge in [0.1, 0.15) is 5.82 Å². The Hall–Kier alpha value is -1.71. The average molecular weight is 332 g/mol. The number of anilines is 1. The van der Waals surface area contributed by atoms with E-state index < -0.39 is 22.4 Å². The molecular formula is C12H13FN2O4S2. The molecule has 1 aromatic heterocycles. The third kappa shape index (κ3) is 3.14. The van der Waals surface area contributed by atoms with Crippen molar-refractivity contribution in [2.45, 2.75) is 4.90 Å². The van der Waals surface area contributed by atoms with Crippen molar-refractivity contribution in [2.75, 3.05) is 24.6 Å². The number of aromatic nitrogens is 1. The van der Waals surface area contributed by atoms with Gasteiger partial charge in [-0.3, -0.25) is 4.31 Å². The molecule has 0 fully saturated rings. The van der Waals surface area contributed by atoms with E-state index in [0.29, 0.717) is 0 Å². The Morgan fingerprint density at radius 3 is 2.86 bits per heavy atom. The Balaban J connectivity index is 2.51. The van der Waals surface area contributed by atoms with Gasteiger partial charge in [0.15, 0.2) is 4.90 Å². The Bertz CT molecular complexity index is 718. The number of nitrogens with zero attached hydrogens (tertiary/aromatic N) is 2. The summed E-state index contributed by atoms with van der Waals surface area (Å²) in [5.41, 5.74) is 0.123. The summed E-state index contributed by atoms with van der Waals surface area (Å²) in [6.45, 7) is -0.611. The van der Waals surface area contributed by atoms with Gasteiger partial charge in [0.2, 0.25) is 5.88 Å². The lowest BCUT2D eigenvalue weighted by Gasteiger charge is -2.23. The molecule has 0 atom stereocenters. The zero-order chi connectivity index (χ0) is 15.5. The molecule has 0 aliphatic rings. The number of ether oxygens (including phenoxy) is 1. The van der Waals surface area contributed by atoms with Gasteiger partial charge in [0.25, 0.3) is 10.0 Å². The van der Waals surface area contributed by atoms with Crippen LogP contribution >= 0.6 is 11.5 Å². The topological polar surface area (TPSA) is 79.7 Å². The monoisotopic (exact) mass is 332 g/mol. The Morgan fingerprint density at radius 1 is 1.48 bits per heavy atom. The molecule has 6 nitrogen and oxygen atoms in total. The molecule has 2 rings (SSSR count). The summed E-state index contributed by atoms with van der Waals surface area (Å²) in [5, 5.41) is 10.4. The molecule has 0 aliphatic carbocycles. The minimum absolute atomic E-state index is 0.0284. The standard InChI is InChI=1S/C12H13FN2O4S2/c1-19-12-11(8-20-14-12)21(17,18)15(5-6-16)10-4-2-3-9(13)7-10/h2-4,7-8,16H,5-6H2,1H3. The smallest absolute Gasteiger partial charge is 0.270 e. The lowest BCUT2D eigenvalue weighted by molar-refractivity contribution is 0.306. The number of aliphatic hydroxyl groups is 1. The maximum absolute atomic E-state index is 13.3. The van der Waals surface area contributed by atoms with Crippen LogP contribution in [-0.4, -0.2) is 38.2 Å². The summed E-state index contributed by atoms with van der Waals surface area (Å²) in [5.74, 6) is -0.597. The van der Waals surface area contributed by atoms with Gasteiger partial charge in [-0.05, 0) is 29.7 Å². The molecule has 1 heterocycles. The van der Waals surface area contributed by atoms with Gasteiger partial charge in [0.05, 0.1) is 25.9 Å². The number of sulfonamides is 1. The number of methoxy groups -OCH3 is 1. The van der Waals surface area contributed by atoms with Crippen molar-refractivity contribution < 1.29 is 22.7 Å². The van der Waals surface area contributed by atoms with Crippen molar-refractivity contribution in [1.29, 1.82) is 0 Å². The molecule has 114 valence electrons. The molecular weight excluding hydrogens is 319 g/mol. The summed E-state index contributed by atoms with van der Waals surface area (Å²) in [4.78, 5) is -0.118. The fourth-order valence-electron chi connectivity index (χ4n) is 1.76. The first-order valence-electron chi connectivity index (χ1n) is 5.88. The highest BCUT2D eigenvalue weighted by molar-refractivity contribution is 7.93. The zero-order valence-corrected chi connectivity index (χ0v) is 12.7. The van der Waals surface area contributed by atoms with Gasteiger partial charge in [0, 0.05) is 5.38 Å². The largest absolute Gasteiger partial charge is 0.479 e. The summed E-state index contributed by atoms with van der Waals surface area (Å²) in [7, 11) is -2.69. The first kappa shape index (κ1) is 15.7. The van der Waals surface area contributed by atoms with Crippen LogP contribution in [0.5, 0.6) is 5.88 Å². The molecule has 0 radical (unpaired) electrons. The first-order chi connectivity index (χ1) is 10.0. The molecule has 0 saturated heterocycles. The maximum Gasteiger partial charge on any atom is 0.270 e. The van der Waals surface area contributed by atoms with Gasteiger partial charge < -0.3 is 9.84 Å². The van der Waals surface area contributed by atoms with Crippen molar-refractivity contribution in [3.8, 4) is 5.88 Å². The van der Waals surface area contributed by atoms with Crippen molar-refractivity contribution in [2.24, 2.45) is 0 Å². The van der Waals surface area contributed by atoms with E-state index >= 15 is 0 Å². The van der Waals surface area contributed by atoms with Crippen LogP contribution < -0.4 is 9.04 Å². The van der Waals surface area contributed by atoms with E-state index in [1.165, 1.54) is 30.7 Å². The second-order valence-corrected chi connectivity index (χ2v) is 6.43. The summed E-state index contributed by atoms with van der Waals surface area (Å²) >= 11 is 0.934. The van der Waals surface area contributed by atoms with Gasteiger partial charge in [-0.15, -0.1) is 0 Å². The summed E-state index contributed by atoms with van der Waals surface area (Å²) in [6.07, 6.45) is 0. The fraction of sp³-hybridized carbons (Fsp3) is 0.250. The molecule has 1 N–H and O–H groups in total. The predicted molar refractivity (Wildman–Crippen MR) is 76.7 cm³/mol. The summed E-state index contributed by atoms with van der Waals surface area (Å²) in [6, 6.07) is 5.13. The van der Waals surface area contributed by atoms with Crippen LogP contribution in [0.4, 0.5) is 10.1 Å². The molecule has 9 heteroatoms. The molecule has 2 aromatic rings. The predicted octanol–water partition coefficient (Wildman–Crippen LogP) is 1.48. The Kier molecular flexibility index (Phi) is 4.76. The van der Waals surface area contributed by atoms with Gasteiger partial charge in [-0.2, -0.15) is 4.37 Å². The van der Waals surface area contributed by atoms with E-state index in [1.807, 2.05) is 0 Å². The van der Waals surface area contributed by atoms with E-state index in [9.17, 15) is 12.8 Å². The van der Waals surface area contributed by atoms with Crippen LogP contribution in [0.2, 0.25) is 0 Å². The maximum atomic E-state index is 13.3. The highest BCUT2D eigenvalue weighted by Gasteiger charge is 2.29. The van der Waals surface area contributed by atoms with Crippen molar-refractivity contribution in [3.05, 3.63) is 35.5 Å². The number of hydrogen-bond acceptors (Lipinski definition) is 6. The highest BCUT2D eigenvalue weighted by Crippen LogP contribution is 2.30. The normalized spacial score (nSPS) is 11.4. The number of halogens is 1. The van der Waals surface area contributed by atoms with Crippen LogP contribution in [0.15, 0.2) is 34.5 Å². The molecule has 0 bridgehead atoms. The van der Waals surface area contributed by atoms with Crippen LogP contribution in [0, 0.1) is 5.82 Å². The second kappa shape index (κ2) is 6.37. The molecule has 0 unspecified atom stereocenters. The van der Waals surface area contributed by atoms with Gasteiger partial charge in [-0.25, -0.2) is 12.8 Å². The van der Waals surface area contributed by atoms with Crippen molar-refractivity contribution in [3.63, 3.8) is 0 Å². The Labute approximate surface area is 125 Å². The van der Waals surface area contributed by atoms with E-state index in [1.54, 1.807) is 0 Å². The van der Waals surface area contributed by atoms with Crippen molar-refractivity contribution in [1.82, 2.24) is 4.37 Å². The molecule has 0 aliphatic heterocycles. The van der Waals surface area contributed by atoms with E-state index in [4.69, 9.17) is 9.84 Å². The van der Waals surface area contributed by atoms with Crippen molar-refractivity contribution >= 4 is 27.2 Å². The molecule has 1 aromatic carbocycles. The number of benzene rings is 1. The third-order valence-electron chi connectivity index (χ3n) is 2.67. The molecule has 0 amide bonds. The summed E-state index contributed by atoms with van der Waals surface area (Å²) < 4.78 is 48.3. The fourth-order valence-corrected chi connectivity index (χ4v) is 4.25. The highest BCUT2D eigenvalue weighted by atomic mass is 32.2. The molecule has 21 heavy (non-hydrogen) atoms. The van der Waals surface area contributed by atoms with Crippen LogP contribution in [0.25, 0.3) is 0 Å². The SMILES string of the molecule is COc1nscc1S(=O)(=O)N(CCO)c1cccc(F)c1. The number of rotatable bonds is 6. The minimum atomic E-state index is -4.00. The van der Waals surface area contributed by atoms with E-state index in [0.717, 1.165) is 21.9 Å². The first-order valence-corrected chi connectivity index (χ1v) is 8.16. The van der Waals surface area contributed by atoms with E-state index in [-0.39, 0.29) is 23.0 Å². The molecule has 0 saturated carbocycles. The quantitative estimate of drug-likeness (QED) is 0.867. The lowest BCUT2D eigenvalue weighted by atomic mass is 10.3.